The molecule has 0 aromatic heterocycles. The highest BCUT2D eigenvalue weighted by molar-refractivity contribution is 7.98. The summed E-state index contributed by atoms with van der Waals surface area (Å²) < 4.78 is 19.0. The lowest BCUT2D eigenvalue weighted by Gasteiger charge is -2.15. The van der Waals surface area contributed by atoms with Crippen LogP contribution >= 0.6 is 11.8 Å². The first-order valence-electron chi connectivity index (χ1n) is 5.90. The lowest BCUT2D eigenvalue weighted by Crippen LogP contribution is -1.97. The second kappa shape index (κ2) is 6.08. The summed E-state index contributed by atoms with van der Waals surface area (Å²) in [6, 6.07) is 11.8. The zero-order chi connectivity index (χ0) is 13.8. The smallest absolute Gasteiger partial charge is 0.140 e. The summed E-state index contributed by atoms with van der Waals surface area (Å²) in [4.78, 5) is 0.989. The monoisotopic (exact) mass is 278 g/mol. The average Bonchev–Trinajstić information content (AvgIpc) is 2.41. The van der Waals surface area contributed by atoms with Crippen LogP contribution in [0.4, 0.5) is 4.39 Å². The summed E-state index contributed by atoms with van der Waals surface area (Å²) in [6.07, 6.45) is 1.18. The van der Waals surface area contributed by atoms with E-state index in [2.05, 4.69) is 0 Å². The van der Waals surface area contributed by atoms with E-state index in [9.17, 15) is 9.50 Å². The average molecular weight is 278 g/mol. The largest absolute Gasteiger partial charge is 0.456 e. The molecule has 0 amide bonds. The minimum absolute atomic E-state index is 0.388. The number of hydrogen-bond acceptors (Lipinski definition) is 3. The van der Waals surface area contributed by atoms with Crippen LogP contribution in [0.15, 0.2) is 47.4 Å². The Balaban J connectivity index is 2.38. The highest BCUT2D eigenvalue weighted by Gasteiger charge is 2.12. The fourth-order valence-corrected chi connectivity index (χ4v) is 2.29. The molecule has 2 aromatic carbocycles. The molecule has 0 unspecified atom stereocenters. The number of ether oxygens (including phenoxy) is 1. The molecule has 2 rings (SSSR count). The highest BCUT2D eigenvalue weighted by atomic mass is 32.2. The summed E-state index contributed by atoms with van der Waals surface area (Å²) in [6.45, 7) is 1.59. The number of para-hydroxylation sites is 1. The lowest BCUT2D eigenvalue weighted by atomic mass is 10.1. The maximum absolute atomic E-state index is 13.2. The summed E-state index contributed by atoms with van der Waals surface area (Å²) in [7, 11) is 0. The topological polar surface area (TPSA) is 29.5 Å². The van der Waals surface area contributed by atoms with Crippen LogP contribution in [0.25, 0.3) is 0 Å². The summed E-state index contributed by atoms with van der Waals surface area (Å²) in [5, 5.41) is 9.68. The molecule has 2 aromatic rings. The Morgan fingerprint density at radius 2 is 1.89 bits per heavy atom. The molecule has 0 bridgehead atoms. The van der Waals surface area contributed by atoms with Crippen molar-refractivity contribution in [1.29, 1.82) is 0 Å². The lowest BCUT2D eigenvalue weighted by molar-refractivity contribution is 0.195. The number of hydrogen-bond donors (Lipinski definition) is 1. The van der Waals surface area contributed by atoms with Crippen LogP contribution < -0.4 is 4.74 Å². The number of benzene rings is 2. The zero-order valence-electron chi connectivity index (χ0n) is 10.8. The molecular formula is C15H15FO2S. The van der Waals surface area contributed by atoms with Crippen LogP contribution in [-0.4, -0.2) is 11.4 Å². The van der Waals surface area contributed by atoms with Crippen LogP contribution in [-0.2, 0) is 0 Å². The van der Waals surface area contributed by atoms with E-state index in [0.717, 1.165) is 4.90 Å². The van der Waals surface area contributed by atoms with Gasteiger partial charge in [-0.3, -0.25) is 0 Å². The van der Waals surface area contributed by atoms with Crippen molar-refractivity contribution in [2.45, 2.75) is 17.9 Å². The Bertz CT molecular complexity index is 570. The molecule has 0 saturated heterocycles. The van der Waals surface area contributed by atoms with E-state index in [1.165, 1.54) is 18.2 Å². The van der Waals surface area contributed by atoms with Crippen LogP contribution in [0.3, 0.4) is 0 Å². The highest BCUT2D eigenvalue weighted by Crippen LogP contribution is 2.34. The quantitative estimate of drug-likeness (QED) is 0.841. The first-order chi connectivity index (χ1) is 9.11. The molecular weight excluding hydrogens is 263 g/mol. The van der Waals surface area contributed by atoms with Gasteiger partial charge in [-0.15, -0.1) is 11.8 Å². The van der Waals surface area contributed by atoms with Gasteiger partial charge in [0.15, 0.2) is 0 Å². The summed E-state index contributed by atoms with van der Waals surface area (Å²) in [5.74, 6) is 0.780. The summed E-state index contributed by atoms with van der Waals surface area (Å²) >= 11 is 1.57. The second-order valence-electron chi connectivity index (χ2n) is 4.11. The maximum Gasteiger partial charge on any atom is 0.140 e. The van der Waals surface area contributed by atoms with Gasteiger partial charge in [0, 0.05) is 10.5 Å². The molecule has 19 heavy (non-hydrogen) atoms. The van der Waals surface area contributed by atoms with E-state index in [0.29, 0.717) is 17.1 Å². The van der Waals surface area contributed by atoms with Crippen molar-refractivity contribution < 1.29 is 14.2 Å². The van der Waals surface area contributed by atoms with Crippen molar-refractivity contribution in [3.63, 3.8) is 0 Å². The first kappa shape index (κ1) is 13.9. The Morgan fingerprint density at radius 3 is 2.58 bits per heavy atom. The van der Waals surface area contributed by atoms with E-state index in [4.69, 9.17) is 4.74 Å². The molecule has 0 aliphatic carbocycles. The first-order valence-corrected chi connectivity index (χ1v) is 7.12. The third-order valence-corrected chi connectivity index (χ3v) is 3.49. The zero-order valence-corrected chi connectivity index (χ0v) is 11.6. The van der Waals surface area contributed by atoms with Gasteiger partial charge in [0.25, 0.3) is 0 Å². The molecule has 0 spiro atoms. The Labute approximate surface area is 116 Å². The van der Waals surface area contributed by atoms with Crippen LogP contribution in [0.1, 0.15) is 18.6 Å². The number of thioether (sulfide) groups is 1. The van der Waals surface area contributed by atoms with Crippen molar-refractivity contribution in [3.05, 3.63) is 53.8 Å². The molecule has 1 N–H and O–H groups in total. The van der Waals surface area contributed by atoms with Gasteiger partial charge in [0.2, 0.25) is 0 Å². The van der Waals surface area contributed by atoms with Gasteiger partial charge in [-0.25, -0.2) is 4.39 Å². The number of halogens is 1. The predicted octanol–water partition coefficient (Wildman–Crippen LogP) is 4.39. The number of rotatable bonds is 4. The maximum atomic E-state index is 13.2. The van der Waals surface area contributed by atoms with Gasteiger partial charge < -0.3 is 9.84 Å². The molecule has 0 saturated carbocycles. The molecule has 1 atom stereocenters. The Kier molecular flexibility index (Phi) is 4.45. The third-order valence-electron chi connectivity index (χ3n) is 2.71. The molecule has 4 heteroatoms. The van der Waals surface area contributed by atoms with Crippen LogP contribution in [0, 0.1) is 5.82 Å². The second-order valence-corrected chi connectivity index (χ2v) is 4.96. The molecule has 0 aliphatic rings. The molecule has 0 heterocycles. The normalized spacial score (nSPS) is 12.2. The summed E-state index contributed by atoms with van der Waals surface area (Å²) in [5.41, 5.74) is 0.441. The Morgan fingerprint density at radius 1 is 1.16 bits per heavy atom. The van der Waals surface area contributed by atoms with Crippen molar-refractivity contribution in [1.82, 2.24) is 0 Å². The fourth-order valence-electron chi connectivity index (χ4n) is 1.76. The van der Waals surface area contributed by atoms with Crippen LogP contribution in [0.2, 0.25) is 0 Å². The fraction of sp³-hybridized carbons (Fsp3) is 0.200. The van der Waals surface area contributed by atoms with Crippen molar-refractivity contribution in [2.24, 2.45) is 0 Å². The molecule has 0 radical (unpaired) electrons. The standard InChI is InChI=1S/C15H15FO2S/c1-10(17)12-9-11(16)7-8-13(12)18-14-5-3-4-6-15(14)19-2/h3-10,17H,1-2H3/t10-/m1/s1. The predicted molar refractivity (Wildman–Crippen MR) is 75.3 cm³/mol. The van der Waals surface area contributed by atoms with Gasteiger partial charge >= 0.3 is 0 Å². The minimum atomic E-state index is -0.785. The van der Waals surface area contributed by atoms with Crippen molar-refractivity contribution in [2.75, 3.05) is 6.26 Å². The third kappa shape index (κ3) is 3.28. The number of aliphatic hydroxyl groups is 1. The van der Waals surface area contributed by atoms with Crippen LogP contribution in [0.5, 0.6) is 11.5 Å². The molecule has 100 valence electrons. The van der Waals surface area contributed by atoms with E-state index in [-0.39, 0.29) is 5.82 Å². The van der Waals surface area contributed by atoms with Gasteiger partial charge in [0.1, 0.15) is 17.3 Å². The SMILES string of the molecule is CSc1ccccc1Oc1ccc(F)cc1[C@@H](C)O. The number of aliphatic hydroxyl groups excluding tert-OH is 1. The van der Waals surface area contributed by atoms with Crippen molar-refractivity contribution >= 4 is 11.8 Å². The van der Waals surface area contributed by atoms with Gasteiger partial charge in [0.05, 0.1) is 6.10 Å². The van der Waals surface area contributed by atoms with Crippen molar-refractivity contribution in [3.8, 4) is 11.5 Å². The van der Waals surface area contributed by atoms with E-state index in [1.54, 1.807) is 18.7 Å². The van der Waals surface area contributed by atoms with Gasteiger partial charge in [-0.2, -0.15) is 0 Å². The molecule has 0 fully saturated rings. The Hall–Kier alpha value is -1.52. The van der Waals surface area contributed by atoms with E-state index >= 15 is 0 Å². The van der Waals surface area contributed by atoms with E-state index in [1.807, 2.05) is 30.5 Å². The molecule has 0 aliphatic heterocycles. The minimum Gasteiger partial charge on any atom is -0.456 e. The van der Waals surface area contributed by atoms with Gasteiger partial charge in [-0.1, -0.05) is 12.1 Å². The van der Waals surface area contributed by atoms with E-state index < -0.39 is 6.10 Å². The molecule has 2 nitrogen and oxygen atoms in total. The van der Waals surface area contributed by atoms with Gasteiger partial charge in [-0.05, 0) is 43.5 Å².